The highest BCUT2D eigenvalue weighted by Gasteiger charge is 2.40. The third kappa shape index (κ3) is 5.98. The van der Waals surface area contributed by atoms with Crippen molar-refractivity contribution < 1.29 is 18.8 Å². The Balaban J connectivity index is 1.82. The molecule has 1 aliphatic rings. The summed E-state index contributed by atoms with van der Waals surface area (Å²) in [6.07, 6.45) is 0.138. The molecule has 10 nitrogen and oxygen atoms in total. The van der Waals surface area contributed by atoms with Crippen molar-refractivity contribution in [2.75, 3.05) is 43.8 Å². The average Bonchev–Trinajstić information content (AvgIpc) is 3.23. The first-order valence-corrected chi connectivity index (χ1v) is 14.2. The maximum atomic E-state index is 15.1. The number of hydrogen-bond donors (Lipinski definition) is 2. The monoisotopic (exact) mass is 576 g/mol. The van der Waals surface area contributed by atoms with Gasteiger partial charge in [0, 0.05) is 23.8 Å². The first-order valence-electron chi connectivity index (χ1n) is 11.8. The molecule has 38 heavy (non-hydrogen) atoms. The number of methoxy groups -OCH3 is 1. The largest absolute Gasteiger partial charge is 0.497 e. The highest BCUT2D eigenvalue weighted by atomic mass is 35.5. The summed E-state index contributed by atoms with van der Waals surface area (Å²) in [6.45, 7) is 3.52. The molecule has 2 aromatic carbocycles. The standard InChI is InChI=1S/C25H27Cl2N6O4P/c1-17-23(38(35,32-12-14-37-15-13-32)31-19-5-7-20(36-2)8-6-19)24(33(30-17)11-3-10-28)29-25(34)21-9-4-18(26)16-22(21)27/h4-9,16H,3,11-15H2,1-2H3,(H,29,34)(H,31,35). The summed E-state index contributed by atoms with van der Waals surface area (Å²) in [5.74, 6) is 0.360. The lowest BCUT2D eigenvalue weighted by atomic mass is 10.2. The fraction of sp³-hybridized carbons (Fsp3) is 0.320. The predicted molar refractivity (Wildman–Crippen MR) is 148 cm³/mol. The van der Waals surface area contributed by atoms with Crippen molar-refractivity contribution in [1.82, 2.24) is 14.5 Å². The molecular formula is C25H27Cl2N6O4P. The van der Waals surface area contributed by atoms with Gasteiger partial charge in [-0.1, -0.05) is 23.2 Å². The number of rotatable bonds is 9. The van der Waals surface area contributed by atoms with E-state index in [9.17, 15) is 10.1 Å². The van der Waals surface area contributed by atoms with E-state index in [4.69, 9.17) is 32.7 Å². The quantitative estimate of drug-likeness (QED) is 0.344. The van der Waals surface area contributed by atoms with Crippen molar-refractivity contribution in [1.29, 1.82) is 5.26 Å². The van der Waals surface area contributed by atoms with Crippen molar-refractivity contribution in [3.63, 3.8) is 0 Å². The van der Waals surface area contributed by atoms with E-state index in [1.165, 1.54) is 16.8 Å². The number of halogens is 2. The zero-order valence-electron chi connectivity index (χ0n) is 20.9. The molecule has 1 saturated heterocycles. The number of nitriles is 1. The lowest BCUT2D eigenvalue weighted by Crippen LogP contribution is -2.40. The number of anilines is 2. The van der Waals surface area contributed by atoms with Crippen LogP contribution in [0.3, 0.4) is 0 Å². The zero-order chi connectivity index (χ0) is 27.3. The third-order valence-electron chi connectivity index (χ3n) is 6.00. The number of carbonyl (C=O) groups excluding carboxylic acids is 1. The maximum absolute atomic E-state index is 15.1. The van der Waals surface area contributed by atoms with Crippen LogP contribution in [0.5, 0.6) is 5.75 Å². The number of nitrogens with zero attached hydrogens (tertiary/aromatic N) is 4. The predicted octanol–water partition coefficient (Wildman–Crippen LogP) is 4.94. The average molecular weight is 577 g/mol. The molecule has 13 heteroatoms. The minimum Gasteiger partial charge on any atom is -0.497 e. The summed E-state index contributed by atoms with van der Waals surface area (Å²) in [6, 6.07) is 13.7. The summed E-state index contributed by atoms with van der Waals surface area (Å²) in [5.41, 5.74) is 1.25. The first-order chi connectivity index (χ1) is 18.3. The Labute approximate surface area is 230 Å². The number of aromatic nitrogens is 2. The van der Waals surface area contributed by atoms with E-state index < -0.39 is 13.4 Å². The van der Waals surface area contributed by atoms with Crippen LogP contribution in [0.2, 0.25) is 10.0 Å². The molecule has 0 aliphatic carbocycles. The van der Waals surface area contributed by atoms with Gasteiger partial charge in [-0.05, 0) is 49.4 Å². The fourth-order valence-electron chi connectivity index (χ4n) is 4.17. The lowest BCUT2D eigenvalue weighted by Gasteiger charge is -2.35. The van der Waals surface area contributed by atoms with Gasteiger partial charge in [0.1, 0.15) is 16.9 Å². The van der Waals surface area contributed by atoms with Crippen molar-refractivity contribution in [3.05, 3.63) is 63.8 Å². The summed E-state index contributed by atoms with van der Waals surface area (Å²) >= 11 is 12.3. The molecule has 2 N–H and O–H groups in total. The number of morpholine rings is 1. The van der Waals surface area contributed by atoms with Crippen LogP contribution in [0, 0.1) is 18.3 Å². The molecule has 1 aliphatic heterocycles. The van der Waals surface area contributed by atoms with Gasteiger partial charge in [-0.15, -0.1) is 0 Å². The Morgan fingerprint density at radius 2 is 1.92 bits per heavy atom. The number of nitrogens with one attached hydrogen (secondary N) is 2. The van der Waals surface area contributed by atoms with Gasteiger partial charge in [0.15, 0.2) is 0 Å². The van der Waals surface area contributed by atoms with Gasteiger partial charge in [0.2, 0.25) is 0 Å². The van der Waals surface area contributed by atoms with Gasteiger partial charge in [-0.2, -0.15) is 10.4 Å². The Bertz CT molecular complexity index is 1400. The normalized spacial score (nSPS) is 15.3. The Kier molecular flexibility index (Phi) is 8.98. The van der Waals surface area contributed by atoms with Crippen molar-refractivity contribution >= 4 is 53.4 Å². The van der Waals surface area contributed by atoms with Crippen molar-refractivity contribution in [2.24, 2.45) is 0 Å². The number of aryl methyl sites for hydroxylation is 2. The number of benzene rings is 2. The van der Waals surface area contributed by atoms with E-state index in [0.717, 1.165) is 0 Å². The van der Waals surface area contributed by atoms with E-state index in [1.54, 1.807) is 44.4 Å². The molecule has 1 aromatic heterocycles. The van der Waals surface area contributed by atoms with Gasteiger partial charge in [-0.3, -0.25) is 9.36 Å². The number of carbonyl (C=O) groups is 1. The van der Waals surface area contributed by atoms with E-state index in [-0.39, 0.29) is 29.4 Å². The van der Waals surface area contributed by atoms with Crippen LogP contribution < -0.4 is 20.4 Å². The smallest absolute Gasteiger partial charge is 0.272 e. The molecule has 4 rings (SSSR count). The SMILES string of the molecule is COc1ccc(NP(=O)(c2c(C)nn(CCC#N)c2NC(=O)c2ccc(Cl)cc2Cl)N2CCOCC2)cc1. The molecule has 0 radical (unpaired) electrons. The minimum absolute atomic E-state index is 0.138. The van der Waals surface area contributed by atoms with Gasteiger partial charge in [-0.25, -0.2) is 9.35 Å². The van der Waals surface area contributed by atoms with E-state index in [2.05, 4.69) is 21.6 Å². The molecule has 1 fully saturated rings. The van der Waals surface area contributed by atoms with Crippen LogP contribution in [-0.4, -0.2) is 53.8 Å². The topological polar surface area (TPSA) is 122 Å². The molecule has 3 aromatic rings. The molecular weight excluding hydrogens is 550 g/mol. The molecule has 1 unspecified atom stereocenters. The second kappa shape index (κ2) is 12.2. The zero-order valence-corrected chi connectivity index (χ0v) is 23.3. The first kappa shape index (κ1) is 28.0. The van der Waals surface area contributed by atoms with Crippen LogP contribution in [-0.2, 0) is 15.8 Å². The van der Waals surface area contributed by atoms with Gasteiger partial charge < -0.3 is 19.9 Å². The second-order valence-corrected chi connectivity index (χ2v) is 11.7. The summed E-state index contributed by atoms with van der Waals surface area (Å²) < 4.78 is 29.2. The van der Waals surface area contributed by atoms with E-state index in [0.29, 0.717) is 53.8 Å². The van der Waals surface area contributed by atoms with E-state index in [1.807, 2.05) is 4.67 Å². The van der Waals surface area contributed by atoms with Crippen LogP contribution in [0.25, 0.3) is 0 Å². The number of amides is 1. The molecule has 2 heterocycles. The minimum atomic E-state index is -3.62. The summed E-state index contributed by atoms with van der Waals surface area (Å²) in [7, 11) is -2.05. The highest BCUT2D eigenvalue weighted by molar-refractivity contribution is 7.71. The summed E-state index contributed by atoms with van der Waals surface area (Å²) in [5, 5.41) is 20.8. The maximum Gasteiger partial charge on any atom is 0.272 e. The van der Waals surface area contributed by atoms with Crippen LogP contribution in [0.15, 0.2) is 42.5 Å². The van der Waals surface area contributed by atoms with Crippen LogP contribution in [0.1, 0.15) is 22.5 Å². The summed E-state index contributed by atoms with van der Waals surface area (Å²) in [4.78, 5) is 13.4. The number of hydrogen-bond acceptors (Lipinski definition) is 6. The van der Waals surface area contributed by atoms with Gasteiger partial charge in [0.05, 0.1) is 55.6 Å². The molecule has 0 saturated carbocycles. The molecule has 1 amide bonds. The Hall–Kier alpha value is -3.06. The van der Waals surface area contributed by atoms with Gasteiger partial charge >= 0.3 is 0 Å². The molecule has 0 bridgehead atoms. The van der Waals surface area contributed by atoms with Crippen LogP contribution in [0.4, 0.5) is 11.5 Å². The molecule has 200 valence electrons. The van der Waals surface area contributed by atoms with Crippen molar-refractivity contribution in [3.8, 4) is 11.8 Å². The van der Waals surface area contributed by atoms with Gasteiger partial charge in [0.25, 0.3) is 13.4 Å². The molecule has 0 spiro atoms. The second-order valence-electron chi connectivity index (χ2n) is 8.47. The fourth-order valence-corrected chi connectivity index (χ4v) is 7.37. The number of ether oxygens (including phenoxy) is 2. The van der Waals surface area contributed by atoms with Crippen molar-refractivity contribution in [2.45, 2.75) is 19.9 Å². The Morgan fingerprint density at radius 1 is 1.21 bits per heavy atom. The lowest BCUT2D eigenvalue weighted by molar-refractivity contribution is 0.0729. The third-order valence-corrected chi connectivity index (χ3v) is 9.45. The molecule has 1 atom stereocenters. The Morgan fingerprint density at radius 3 is 2.55 bits per heavy atom. The van der Waals surface area contributed by atoms with E-state index >= 15 is 4.57 Å². The highest BCUT2D eigenvalue weighted by Crippen LogP contribution is 2.51. The van der Waals surface area contributed by atoms with Crippen LogP contribution >= 0.6 is 30.6 Å².